The van der Waals surface area contributed by atoms with Gasteiger partial charge in [-0.3, -0.25) is 4.79 Å². The SMILES string of the molecule is CC(Sc1nc2cc(Cl)ccc2s1)C(=O)NCC(F)(F)F. The average molecular weight is 355 g/mol. The maximum atomic E-state index is 12.0. The molecule has 1 unspecified atom stereocenters. The number of carbonyl (C=O) groups is 1. The number of nitrogens with one attached hydrogen (secondary N) is 1. The van der Waals surface area contributed by atoms with Gasteiger partial charge in [0, 0.05) is 5.02 Å². The second-order valence-corrected chi connectivity index (χ2v) is 7.24. The predicted molar refractivity (Wildman–Crippen MR) is 79.0 cm³/mol. The summed E-state index contributed by atoms with van der Waals surface area (Å²) in [4.78, 5) is 15.9. The van der Waals surface area contributed by atoms with Crippen LogP contribution in [-0.4, -0.2) is 28.9 Å². The number of hydrogen-bond acceptors (Lipinski definition) is 4. The van der Waals surface area contributed by atoms with Gasteiger partial charge in [-0.2, -0.15) is 13.2 Å². The number of thiazole rings is 1. The summed E-state index contributed by atoms with van der Waals surface area (Å²) in [5, 5.41) is 1.75. The summed E-state index contributed by atoms with van der Waals surface area (Å²) in [6, 6.07) is 5.25. The first-order valence-corrected chi connectivity index (χ1v) is 7.89. The molecule has 0 spiro atoms. The Morgan fingerprint density at radius 2 is 2.24 bits per heavy atom. The smallest absolute Gasteiger partial charge is 0.346 e. The molecule has 2 aromatic rings. The standard InChI is InChI=1S/C12H10ClF3N2OS2/c1-6(10(19)17-5-12(14,15)16)20-11-18-8-4-7(13)2-3-9(8)21-11/h2-4,6H,5H2,1H3,(H,17,19). The van der Waals surface area contributed by atoms with Gasteiger partial charge in [0.25, 0.3) is 0 Å². The topological polar surface area (TPSA) is 42.0 Å². The van der Waals surface area contributed by atoms with Gasteiger partial charge in [-0.25, -0.2) is 4.98 Å². The van der Waals surface area contributed by atoms with Crippen LogP contribution in [0, 0.1) is 0 Å². The Bertz CT molecular complexity index is 659. The number of thioether (sulfide) groups is 1. The molecule has 1 atom stereocenters. The van der Waals surface area contributed by atoms with Gasteiger partial charge in [-0.1, -0.05) is 23.4 Å². The number of amides is 1. The van der Waals surface area contributed by atoms with E-state index in [1.165, 1.54) is 18.3 Å². The molecule has 0 radical (unpaired) electrons. The number of alkyl halides is 3. The van der Waals surface area contributed by atoms with E-state index in [-0.39, 0.29) is 0 Å². The Hall–Kier alpha value is -0.990. The van der Waals surface area contributed by atoms with Crippen LogP contribution in [0.3, 0.4) is 0 Å². The van der Waals surface area contributed by atoms with Crippen molar-refractivity contribution in [3.05, 3.63) is 23.2 Å². The molecule has 1 aromatic carbocycles. The highest BCUT2D eigenvalue weighted by Gasteiger charge is 2.29. The third kappa shape index (κ3) is 4.76. The number of carbonyl (C=O) groups excluding carboxylic acids is 1. The highest BCUT2D eigenvalue weighted by atomic mass is 35.5. The van der Waals surface area contributed by atoms with Crippen molar-refractivity contribution in [1.29, 1.82) is 0 Å². The second kappa shape index (κ2) is 6.41. The molecular formula is C12H10ClF3N2OS2. The quantitative estimate of drug-likeness (QED) is 0.840. The Morgan fingerprint density at radius 3 is 2.90 bits per heavy atom. The summed E-state index contributed by atoms with van der Waals surface area (Å²) < 4.78 is 37.6. The first-order chi connectivity index (χ1) is 9.74. The van der Waals surface area contributed by atoms with E-state index >= 15 is 0 Å². The first kappa shape index (κ1) is 16.4. The molecule has 0 saturated carbocycles. The van der Waals surface area contributed by atoms with E-state index in [1.54, 1.807) is 12.1 Å². The second-order valence-electron chi connectivity index (χ2n) is 4.18. The maximum Gasteiger partial charge on any atom is 0.405 e. The zero-order valence-corrected chi connectivity index (χ0v) is 13.1. The number of aromatic nitrogens is 1. The molecule has 2 rings (SSSR count). The molecule has 1 heterocycles. The van der Waals surface area contributed by atoms with Crippen LogP contribution in [0.5, 0.6) is 0 Å². The maximum absolute atomic E-state index is 12.0. The molecule has 21 heavy (non-hydrogen) atoms. The lowest BCUT2D eigenvalue weighted by atomic mass is 10.3. The number of benzene rings is 1. The summed E-state index contributed by atoms with van der Waals surface area (Å²) >= 11 is 8.34. The molecule has 0 aliphatic rings. The van der Waals surface area contributed by atoms with E-state index in [9.17, 15) is 18.0 Å². The van der Waals surface area contributed by atoms with Gasteiger partial charge in [-0.15, -0.1) is 11.3 Å². The molecule has 114 valence electrons. The Balaban J connectivity index is 2.00. The number of rotatable bonds is 4. The molecule has 1 aromatic heterocycles. The van der Waals surface area contributed by atoms with E-state index in [2.05, 4.69) is 4.98 Å². The van der Waals surface area contributed by atoms with Crippen LogP contribution in [0.15, 0.2) is 22.5 Å². The Labute approximate surface area is 131 Å². The number of fused-ring (bicyclic) bond motifs is 1. The number of nitrogens with zero attached hydrogens (tertiary/aromatic N) is 1. The van der Waals surface area contributed by atoms with Crippen LogP contribution >= 0.6 is 34.7 Å². The predicted octanol–water partition coefficient (Wildman–Crippen LogP) is 4.11. The monoisotopic (exact) mass is 354 g/mol. The summed E-state index contributed by atoms with van der Waals surface area (Å²) in [5.41, 5.74) is 0.706. The van der Waals surface area contributed by atoms with Gasteiger partial charge in [0.15, 0.2) is 4.34 Å². The summed E-state index contributed by atoms with van der Waals surface area (Å²) in [7, 11) is 0. The van der Waals surface area contributed by atoms with Gasteiger partial charge < -0.3 is 5.32 Å². The fraction of sp³-hybridized carbons (Fsp3) is 0.333. The molecule has 1 N–H and O–H groups in total. The average Bonchev–Trinajstić information content (AvgIpc) is 2.76. The minimum atomic E-state index is -4.41. The third-order valence-electron chi connectivity index (χ3n) is 2.44. The van der Waals surface area contributed by atoms with Crippen molar-refractivity contribution in [3.63, 3.8) is 0 Å². The van der Waals surface area contributed by atoms with Crippen molar-refractivity contribution in [2.75, 3.05) is 6.54 Å². The Kier molecular flexibility index (Phi) is 5.00. The molecule has 1 amide bonds. The number of hydrogen-bond donors (Lipinski definition) is 1. The minimum Gasteiger partial charge on any atom is -0.346 e. The van der Waals surface area contributed by atoms with Crippen LogP contribution in [0.2, 0.25) is 5.02 Å². The fourth-order valence-electron chi connectivity index (χ4n) is 1.47. The van der Waals surface area contributed by atoms with Crippen molar-refractivity contribution in [2.24, 2.45) is 0 Å². The van der Waals surface area contributed by atoms with E-state index in [0.29, 0.717) is 14.9 Å². The molecule has 0 aliphatic carbocycles. The molecule has 9 heteroatoms. The third-order valence-corrected chi connectivity index (χ3v) is 4.91. The number of halogens is 4. The molecular weight excluding hydrogens is 345 g/mol. The first-order valence-electron chi connectivity index (χ1n) is 5.82. The highest BCUT2D eigenvalue weighted by Crippen LogP contribution is 2.33. The lowest BCUT2D eigenvalue weighted by molar-refractivity contribution is -0.137. The van der Waals surface area contributed by atoms with Crippen LogP contribution in [0.1, 0.15) is 6.92 Å². The van der Waals surface area contributed by atoms with Crippen molar-refractivity contribution >= 4 is 50.8 Å². The van der Waals surface area contributed by atoms with Crippen molar-refractivity contribution < 1.29 is 18.0 Å². The molecule has 0 aliphatic heterocycles. The van der Waals surface area contributed by atoms with Crippen molar-refractivity contribution in [3.8, 4) is 0 Å². The lowest BCUT2D eigenvalue weighted by Gasteiger charge is -2.11. The molecule has 0 saturated heterocycles. The van der Waals surface area contributed by atoms with Gasteiger partial charge in [0.1, 0.15) is 6.54 Å². The largest absolute Gasteiger partial charge is 0.405 e. The molecule has 0 fully saturated rings. The molecule has 0 bridgehead atoms. The van der Waals surface area contributed by atoms with E-state index < -0.39 is 23.9 Å². The van der Waals surface area contributed by atoms with E-state index in [1.807, 2.05) is 11.4 Å². The van der Waals surface area contributed by atoms with E-state index in [4.69, 9.17) is 11.6 Å². The normalized spacial score (nSPS) is 13.4. The van der Waals surface area contributed by atoms with Crippen LogP contribution in [0.4, 0.5) is 13.2 Å². The Morgan fingerprint density at radius 1 is 1.52 bits per heavy atom. The van der Waals surface area contributed by atoms with Crippen LogP contribution < -0.4 is 5.32 Å². The minimum absolute atomic E-state index is 0.556. The zero-order valence-electron chi connectivity index (χ0n) is 10.7. The van der Waals surface area contributed by atoms with Gasteiger partial charge in [0.05, 0.1) is 15.5 Å². The fourth-order valence-corrected chi connectivity index (χ4v) is 3.85. The summed E-state index contributed by atoms with van der Waals surface area (Å²) in [5.74, 6) is -0.672. The summed E-state index contributed by atoms with van der Waals surface area (Å²) in [6.07, 6.45) is -4.41. The van der Waals surface area contributed by atoms with Crippen LogP contribution in [-0.2, 0) is 4.79 Å². The molecule has 3 nitrogen and oxygen atoms in total. The van der Waals surface area contributed by atoms with Gasteiger partial charge in [0.2, 0.25) is 5.91 Å². The van der Waals surface area contributed by atoms with Gasteiger partial charge >= 0.3 is 6.18 Å². The van der Waals surface area contributed by atoms with Crippen LogP contribution in [0.25, 0.3) is 10.2 Å². The van der Waals surface area contributed by atoms with Crippen molar-refractivity contribution in [1.82, 2.24) is 10.3 Å². The highest BCUT2D eigenvalue weighted by molar-refractivity contribution is 8.02. The van der Waals surface area contributed by atoms with E-state index in [0.717, 1.165) is 16.5 Å². The van der Waals surface area contributed by atoms with Crippen molar-refractivity contribution in [2.45, 2.75) is 22.7 Å². The zero-order chi connectivity index (χ0) is 15.6. The lowest BCUT2D eigenvalue weighted by Crippen LogP contribution is -2.37. The van der Waals surface area contributed by atoms with Gasteiger partial charge in [-0.05, 0) is 25.1 Å². The summed E-state index contributed by atoms with van der Waals surface area (Å²) in [6.45, 7) is 0.210.